The number of nitrogens with zero attached hydrogens (tertiary/aromatic N) is 5. The van der Waals surface area contributed by atoms with Crippen molar-refractivity contribution in [2.24, 2.45) is 5.92 Å². The molecule has 0 spiro atoms. The molecule has 128 valence electrons. The number of carbonyl (C=O) groups excluding carboxylic acids is 1. The second-order valence-electron chi connectivity index (χ2n) is 6.38. The van der Waals surface area contributed by atoms with Gasteiger partial charge in [0.2, 0.25) is 0 Å². The van der Waals surface area contributed by atoms with Crippen LogP contribution < -0.4 is 5.32 Å². The van der Waals surface area contributed by atoms with Gasteiger partial charge in [-0.05, 0) is 24.5 Å². The van der Waals surface area contributed by atoms with Crippen LogP contribution in [-0.4, -0.2) is 76.4 Å². The van der Waals surface area contributed by atoms with E-state index < -0.39 is 0 Å². The summed E-state index contributed by atoms with van der Waals surface area (Å²) in [6.45, 7) is 6.24. The van der Waals surface area contributed by atoms with Gasteiger partial charge in [0.1, 0.15) is 0 Å². The van der Waals surface area contributed by atoms with Gasteiger partial charge in [-0.2, -0.15) is 4.98 Å². The van der Waals surface area contributed by atoms with Crippen LogP contribution in [0.2, 0.25) is 0 Å². The van der Waals surface area contributed by atoms with Crippen LogP contribution in [0.3, 0.4) is 0 Å². The zero-order chi connectivity index (χ0) is 16.4. The van der Waals surface area contributed by atoms with E-state index in [0.717, 1.165) is 58.0 Å². The number of rotatable bonds is 3. The predicted molar refractivity (Wildman–Crippen MR) is 88.9 cm³/mol. The average Bonchev–Trinajstić information content (AvgIpc) is 3.22. The highest BCUT2D eigenvalue weighted by atomic mass is 16.5. The highest BCUT2D eigenvalue weighted by molar-refractivity contribution is 5.87. The number of likely N-dealkylation sites (tertiary alicyclic amines) is 1. The minimum Gasteiger partial charge on any atom is -0.379 e. The molecule has 0 bridgehead atoms. The van der Waals surface area contributed by atoms with Gasteiger partial charge in [0.25, 0.3) is 5.95 Å². The number of hydrogen-bond donors (Lipinski definition) is 1. The van der Waals surface area contributed by atoms with Gasteiger partial charge in [-0.3, -0.25) is 10.2 Å². The number of aromatic nitrogens is 3. The van der Waals surface area contributed by atoms with Crippen LogP contribution in [0.4, 0.5) is 10.7 Å². The second kappa shape index (κ2) is 6.74. The first kappa shape index (κ1) is 15.3. The fourth-order valence-corrected chi connectivity index (χ4v) is 3.37. The Morgan fingerprint density at radius 3 is 3.00 bits per heavy atom. The van der Waals surface area contributed by atoms with Crippen molar-refractivity contribution in [2.75, 3.05) is 51.3 Å². The Balaban J connectivity index is 1.32. The maximum absolute atomic E-state index is 12.4. The summed E-state index contributed by atoms with van der Waals surface area (Å²) in [5.41, 5.74) is 0.722. The molecule has 0 aliphatic carbocycles. The Morgan fingerprint density at radius 1 is 1.29 bits per heavy atom. The van der Waals surface area contributed by atoms with Crippen molar-refractivity contribution >= 4 is 17.6 Å². The molecule has 0 saturated carbocycles. The quantitative estimate of drug-likeness (QED) is 0.906. The first-order valence-corrected chi connectivity index (χ1v) is 8.45. The van der Waals surface area contributed by atoms with Crippen LogP contribution in [0.5, 0.6) is 0 Å². The lowest BCUT2D eigenvalue weighted by Crippen LogP contribution is -2.40. The Labute approximate surface area is 140 Å². The van der Waals surface area contributed by atoms with Crippen molar-refractivity contribution in [2.45, 2.75) is 6.42 Å². The number of fused-ring (bicyclic) bond motifs is 1. The van der Waals surface area contributed by atoms with Crippen molar-refractivity contribution in [3.63, 3.8) is 0 Å². The van der Waals surface area contributed by atoms with Crippen LogP contribution in [0.25, 0.3) is 5.65 Å². The molecule has 2 fully saturated rings. The predicted octanol–water partition coefficient (Wildman–Crippen LogP) is 0.915. The molecule has 4 heterocycles. The number of amides is 2. The number of hydrogen-bond acceptors (Lipinski definition) is 5. The average molecular weight is 330 g/mol. The van der Waals surface area contributed by atoms with Crippen LogP contribution in [0.1, 0.15) is 6.42 Å². The summed E-state index contributed by atoms with van der Waals surface area (Å²) in [5, 5.41) is 7.07. The number of pyridine rings is 1. The van der Waals surface area contributed by atoms with Crippen molar-refractivity contribution in [3.8, 4) is 0 Å². The first-order chi connectivity index (χ1) is 11.8. The van der Waals surface area contributed by atoms with E-state index in [1.54, 1.807) is 4.52 Å². The third-order valence-electron chi connectivity index (χ3n) is 4.65. The third kappa shape index (κ3) is 3.34. The van der Waals surface area contributed by atoms with Gasteiger partial charge in [-0.25, -0.2) is 9.31 Å². The first-order valence-electron chi connectivity index (χ1n) is 8.45. The van der Waals surface area contributed by atoms with E-state index in [0.29, 0.717) is 11.9 Å². The smallest absolute Gasteiger partial charge is 0.324 e. The Hall–Kier alpha value is -2.19. The van der Waals surface area contributed by atoms with Crippen molar-refractivity contribution in [1.29, 1.82) is 0 Å². The largest absolute Gasteiger partial charge is 0.379 e. The van der Waals surface area contributed by atoms with E-state index in [1.807, 2.05) is 29.3 Å². The number of urea groups is 1. The maximum atomic E-state index is 12.4. The molecule has 0 aromatic carbocycles. The van der Waals surface area contributed by atoms with E-state index >= 15 is 0 Å². The molecule has 1 atom stereocenters. The maximum Gasteiger partial charge on any atom is 0.324 e. The van der Waals surface area contributed by atoms with E-state index in [1.165, 1.54) is 0 Å². The van der Waals surface area contributed by atoms with Gasteiger partial charge in [0.15, 0.2) is 5.65 Å². The lowest BCUT2D eigenvalue weighted by atomic mass is 10.1. The summed E-state index contributed by atoms with van der Waals surface area (Å²) < 4.78 is 7.04. The number of nitrogens with one attached hydrogen (secondary N) is 1. The van der Waals surface area contributed by atoms with Crippen molar-refractivity contribution in [1.82, 2.24) is 24.4 Å². The van der Waals surface area contributed by atoms with Gasteiger partial charge in [-0.1, -0.05) is 6.07 Å². The molecule has 0 unspecified atom stereocenters. The Morgan fingerprint density at radius 2 is 2.17 bits per heavy atom. The minimum absolute atomic E-state index is 0.115. The van der Waals surface area contributed by atoms with Crippen LogP contribution in [0.15, 0.2) is 24.4 Å². The summed E-state index contributed by atoms with van der Waals surface area (Å²) in [4.78, 5) is 21.0. The summed E-state index contributed by atoms with van der Waals surface area (Å²) in [6, 6.07) is 5.52. The number of anilines is 1. The topological polar surface area (TPSA) is 75.0 Å². The lowest BCUT2D eigenvalue weighted by Gasteiger charge is -2.28. The zero-order valence-corrected chi connectivity index (χ0v) is 13.6. The van der Waals surface area contributed by atoms with Crippen molar-refractivity contribution < 1.29 is 9.53 Å². The fraction of sp³-hybridized carbons (Fsp3) is 0.562. The third-order valence-corrected chi connectivity index (χ3v) is 4.65. The molecule has 2 aliphatic rings. The molecule has 2 amide bonds. The van der Waals surface area contributed by atoms with E-state index in [4.69, 9.17) is 4.74 Å². The van der Waals surface area contributed by atoms with E-state index in [-0.39, 0.29) is 6.03 Å². The molecular weight excluding hydrogens is 308 g/mol. The second-order valence-corrected chi connectivity index (χ2v) is 6.38. The van der Waals surface area contributed by atoms with Gasteiger partial charge < -0.3 is 9.64 Å². The van der Waals surface area contributed by atoms with Gasteiger partial charge in [0, 0.05) is 38.9 Å². The van der Waals surface area contributed by atoms with Gasteiger partial charge in [-0.15, -0.1) is 5.10 Å². The molecule has 2 aromatic heterocycles. The lowest BCUT2D eigenvalue weighted by molar-refractivity contribution is 0.0314. The summed E-state index contributed by atoms with van der Waals surface area (Å²) in [6.07, 6.45) is 2.86. The summed E-state index contributed by atoms with van der Waals surface area (Å²) in [5.74, 6) is 0.880. The fourth-order valence-electron chi connectivity index (χ4n) is 3.37. The molecule has 2 saturated heterocycles. The summed E-state index contributed by atoms with van der Waals surface area (Å²) >= 11 is 0. The summed E-state index contributed by atoms with van der Waals surface area (Å²) in [7, 11) is 0. The normalized spacial score (nSPS) is 22.2. The SMILES string of the molecule is O=C(Nc1nc2ccccn2n1)N1CC[C@@H](CN2CCOCC2)C1. The molecule has 8 heteroatoms. The Kier molecular flexibility index (Phi) is 4.31. The standard InChI is InChI=1S/C16H22N6O2/c23-16(18-15-17-14-3-1-2-5-22(14)19-15)21-6-4-13(12-21)11-20-7-9-24-10-8-20/h1-3,5,13H,4,6-12H2,(H,18,19,23)/t13-/m0/s1. The zero-order valence-electron chi connectivity index (χ0n) is 13.6. The molecule has 8 nitrogen and oxygen atoms in total. The Bertz CT molecular complexity index is 678. The van der Waals surface area contributed by atoms with Crippen LogP contribution >= 0.6 is 0 Å². The molecule has 4 rings (SSSR count). The monoisotopic (exact) mass is 330 g/mol. The highest BCUT2D eigenvalue weighted by Crippen LogP contribution is 2.19. The highest BCUT2D eigenvalue weighted by Gasteiger charge is 2.28. The van der Waals surface area contributed by atoms with Crippen LogP contribution in [-0.2, 0) is 4.74 Å². The minimum atomic E-state index is -0.115. The van der Waals surface area contributed by atoms with Gasteiger partial charge >= 0.3 is 6.03 Å². The molecule has 2 aliphatic heterocycles. The number of morpholine rings is 1. The molecule has 24 heavy (non-hydrogen) atoms. The number of carbonyl (C=O) groups is 1. The van der Waals surface area contributed by atoms with E-state index in [9.17, 15) is 4.79 Å². The molecule has 1 N–H and O–H groups in total. The number of ether oxygens (including phenoxy) is 1. The van der Waals surface area contributed by atoms with Crippen molar-refractivity contribution in [3.05, 3.63) is 24.4 Å². The molecular formula is C16H22N6O2. The van der Waals surface area contributed by atoms with Crippen LogP contribution in [0, 0.1) is 5.92 Å². The van der Waals surface area contributed by atoms with E-state index in [2.05, 4.69) is 20.3 Å². The van der Waals surface area contributed by atoms with Gasteiger partial charge in [0.05, 0.1) is 13.2 Å². The molecule has 2 aromatic rings. The molecule has 0 radical (unpaired) electrons.